The molecule has 13 heavy (non-hydrogen) atoms. The molecule has 0 aliphatic carbocycles. The molecule has 1 N–H and O–H groups in total. The average Bonchev–Trinajstić information content (AvgIpc) is 2.20. The standard InChI is InChI=1S/C11H16OSi/c12-10-6-2-3-7-11(10)13-8-4-1-5-9-13/h2-3,6-7,12-13H,1,4-5,8-9H2. The molecule has 0 radical (unpaired) electrons. The van der Waals surface area contributed by atoms with Crippen molar-refractivity contribution in [3.8, 4) is 5.75 Å². The lowest BCUT2D eigenvalue weighted by Gasteiger charge is -2.20. The van der Waals surface area contributed by atoms with Crippen molar-refractivity contribution >= 4 is 14.0 Å². The van der Waals surface area contributed by atoms with Crippen LogP contribution in [0.25, 0.3) is 0 Å². The third kappa shape index (κ3) is 1.94. The summed E-state index contributed by atoms with van der Waals surface area (Å²) < 4.78 is 0. The molecule has 1 nitrogen and oxygen atoms in total. The lowest BCUT2D eigenvalue weighted by Crippen LogP contribution is -2.31. The number of aromatic hydroxyl groups is 1. The molecule has 0 saturated carbocycles. The Balaban J connectivity index is 2.18. The predicted octanol–water partition coefficient (Wildman–Crippen LogP) is 2.01. The first-order valence-corrected chi connectivity index (χ1v) is 7.37. The maximum absolute atomic E-state index is 9.70. The van der Waals surface area contributed by atoms with E-state index in [-0.39, 0.29) is 0 Å². The molecule has 1 aromatic carbocycles. The largest absolute Gasteiger partial charge is 0.508 e. The molecule has 0 unspecified atom stereocenters. The first-order valence-electron chi connectivity index (χ1n) is 5.16. The summed E-state index contributed by atoms with van der Waals surface area (Å²) in [4.78, 5) is 0. The minimum Gasteiger partial charge on any atom is -0.508 e. The third-order valence-corrected chi connectivity index (χ3v) is 6.56. The summed E-state index contributed by atoms with van der Waals surface area (Å²) >= 11 is 0. The number of phenolic OH excluding ortho intramolecular Hbond substituents is 1. The van der Waals surface area contributed by atoms with Crippen molar-refractivity contribution in [2.24, 2.45) is 0 Å². The third-order valence-electron chi connectivity index (χ3n) is 2.98. The van der Waals surface area contributed by atoms with Crippen LogP contribution in [-0.2, 0) is 0 Å². The van der Waals surface area contributed by atoms with Crippen LogP contribution in [0.4, 0.5) is 0 Å². The highest BCUT2D eigenvalue weighted by Gasteiger charge is 2.19. The van der Waals surface area contributed by atoms with Gasteiger partial charge in [-0.2, -0.15) is 0 Å². The summed E-state index contributed by atoms with van der Waals surface area (Å²) in [6, 6.07) is 10.7. The van der Waals surface area contributed by atoms with E-state index in [2.05, 4.69) is 12.1 Å². The van der Waals surface area contributed by atoms with Gasteiger partial charge in [-0.25, -0.2) is 0 Å². The normalized spacial score (nSPS) is 18.8. The van der Waals surface area contributed by atoms with Gasteiger partial charge in [0.2, 0.25) is 0 Å². The summed E-state index contributed by atoms with van der Waals surface area (Å²) in [6.07, 6.45) is 4.16. The quantitative estimate of drug-likeness (QED) is 0.675. The molecule has 1 aliphatic heterocycles. The number of rotatable bonds is 1. The molecule has 0 bridgehead atoms. The average molecular weight is 192 g/mol. The van der Waals surface area contributed by atoms with Gasteiger partial charge in [0.1, 0.15) is 5.75 Å². The second-order valence-electron chi connectivity index (χ2n) is 3.89. The molecule has 0 aromatic heterocycles. The van der Waals surface area contributed by atoms with E-state index in [1.807, 2.05) is 12.1 Å². The number of benzene rings is 1. The van der Waals surface area contributed by atoms with Crippen LogP contribution in [0.3, 0.4) is 0 Å². The monoisotopic (exact) mass is 192 g/mol. The van der Waals surface area contributed by atoms with E-state index in [1.54, 1.807) is 0 Å². The fraction of sp³-hybridized carbons (Fsp3) is 0.455. The van der Waals surface area contributed by atoms with Crippen molar-refractivity contribution < 1.29 is 5.11 Å². The highest BCUT2D eigenvalue weighted by Crippen LogP contribution is 2.20. The maximum atomic E-state index is 9.70. The molecule has 2 heteroatoms. The number of hydrogen-bond acceptors (Lipinski definition) is 1. The van der Waals surface area contributed by atoms with Crippen LogP contribution in [0.1, 0.15) is 19.3 Å². The highest BCUT2D eigenvalue weighted by atomic mass is 28.3. The fourth-order valence-corrected chi connectivity index (χ4v) is 5.62. The molecule has 1 aliphatic rings. The van der Waals surface area contributed by atoms with E-state index in [9.17, 15) is 5.11 Å². The zero-order valence-electron chi connectivity index (χ0n) is 7.87. The van der Waals surface area contributed by atoms with Crippen LogP contribution in [0.2, 0.25) is 12.1 Å². The molecule has 0 atom stereocenters. The van der Waals surface area contributed by atoms with Crippen molar-refractivity contribution in [3.63, 3.8) is 0 Å². The first-order chi connectivity index (χ1) is 6.38. The molecule has 2 rings (SSSR count). The van der Waals surface area contributed by atoms with Crippen molar-refractivity contribution in [1.29, 1.82) is 0 Å². The van der Waals surface area contributed by atoms with E-state index in [0.29, 0.717) is 5.75 Å². The fourth-order valence-electron chi connectivity index (χ4n) is 2.25. The number of para-hydroxylation sites is 1. The topological polar surface area (TPSA) is 20.2 Å². The Morgan fingerprint density at radius 2 is 1.69 bits per heavy atom. The number of phenols is 1. The zero-order valence-corrected chi connectivity index (χ0v) is 9.02. The Hall–Kier alpha value is -0.763. The maximum Gasteiger partial charge on any atom is 0.114 e. The van der Waals surface area contributed by atoms with Crippen LogP contribution in [0.5, 0.6) is 5.75 Å². The minimum absolute atomic E-state index is 0.543. The zero-order chi connectivity index (χ0) is 9.10. The van der Waals surface area contributed by atoms with Gasteiger partial charge in [0.15, 0.2) is 0 Å². The Bertz CT molecular complexity index is 279. The van der Waals surface area contributed by atoms with E-state index in [4.69, 9.17) is 0 Å². The van der Waals surface area contributed by atoms with Gasteiger partial charge in [0.25, 0.3) is 0 Å². The summed E-state index contributed by atoms with van der Waals surface area (Å²) in [6.45, 7) is 0. The molecule has 1 saturated heterocycles. The summed E-state index contributed by atoms with van der Waals surface area (Å²) in [5.74, 6) is 0.543. The molecule has 0 spiro atoms. The van der Waals surface area contributed by atoms with Crippen LogP contribution in [-0.4, -0.2) is 13.9 Å². The van der Waals surface area contributed by atoms with Crippen LogP contribution in [0, 0.1) is 0 Å². The Morgan fingerprint density at radius 3 is 2.38 bits per heavy atom. The van der Waals surface area contributed by atoms with Gasteiger partial charge in [-0.1, -0.05) is 49.5 Å². The second kappa shape index (κ2) is 3.96. The lowest BCUT2D eigenvalue weighted by atomic mass is 10.3. The van der Waals surface area contributed by atoms with E-state index < -0.39 is 8.80 Å². The van der Waals surface area contributed by atoms with E-state index in [0.717, 1.165) is 0 Å². The van der Waals surface area contributed by atoms with Gasteiger partial charge in [-0.15, -0.1) is 0 Å². The molecular formula is C11H16OSi. The molecule has 70 valence electrons. The SMILES string of the molecule is Oc1ccccc1[SiH]1CCCCC1. The Morgan fingerprint density at radius 1 is 1.00 bits per heavy atom. The van der Waals surface area contributed by atoms with Gasteiger partial charge in [-0.05, 0) is 11.3 Å². The summed E-state index contributed by atoms with van der Waals surface area (Å²) in [5.41, 5.74) is 0. The molecule has 1 aromatic rings. The summed E-state index contributed by atoms with van der Waals surface area (Å²) in [7, 11) is -0.774. The van der Waals surface area contributed by atoms with Gasteiger partial charge in [-0.3, -0.25) is 0 Å². The van der Waals surface area contributed by atoms with Crippen molar-refractivity contribution in [1.82, 2.24) is 0 Å². The van der Waals surface area contributed by atoms with E-state index >= 15 is 0 Å². The smallest absolute Gasteiger partial charge is 0.114 e. The minimum atomic E-state index is -0.774. The predicted molar refractivity (Wildman–Crippen MR) is 58.4 cm³/mol. The van der Waals surface area contributed by atoms with Crippen LogP contribution < -0.4 is 5.19 Å². The van der Waals surface area contributed by atoms with E-state index in [1.165, 1.54) is 36.5 Å². The first kappa shape index (κ1) is 8.82. The number of hydrogen-bond donors (Lipinski definition) is 1. The Labute approximate surface area is 81.0 Å². The molecule has 1 fully saturated rings. The Kier molecular flexibility index (Phi) is 2.69. The molecular weight excluding hydrogens is 176 g/mol. The van der Waals surface area contributed by atoms with Crippen molar-refractivity contribution in [3.05, 3.63) is 24.3 Å². The summed E-state index contributed by atoms with van der Waals surface area (Å²) in [5, 5.41) is 11.0. The van der Waals surface area contributed by atoms with Crippen molar-refractivity contribution in [2.45, 2.75) is 31.4 Å². The lowest BCUT2D eigenvalue weighted by molar-refractivity contribution is 0.479. The van der Waals surface area contributed by atoms with Gasteiger partial charge >= 0.3 is 0 Å². The van der Waals surface area contributed by atoms with Gasteiger partial charge in [0, 0.05) is 0 Å². The molecule has 1 heterocycles. The highest BCUT2D eigenvalue weighted by molar-refractivity contribution is 6.74. The van der Waals surface area contributed by atoms with Crippen molar-refractivity contribution in [2.75, 3.05) is 0 Å². The van der Waals surface area contributed by atoms with Crippen LogP contribution in [0.15, 0.2) is 24.3 Å². The van der Waals surface area contributed by atoms with Gasteiger partial charge in [0.05, 0.1) is 8.80 Å². The van der Waals surface area contributed by atoms with Gasteiger partial charge < -0.3 is 5.11 Å². The van der Waals surface area contributed by atoms with Crippen LogP contribution >= 0.6 is 0 Å². The molecule has 0 amide bonds. The second-order valence-corrected chi connectivity index (χ2v) is 7.06.